The highest BCUT2D eigenvalue weighted by Gasteiger charge is 2.18. The second-order valence-corrected chi connectivity index (χ2v) is 7.94. The van der Waals surface area contributed by atoms with Crippen LogP contribution in [0.1, 0.15) is 15.9 Å². The first-order valence-electron chi connectivity index (χ1n) is 10.4. The standard InChI is InChI=1S/C24H17ClFN7O2/c25-16-6-3-5-14(10-16)24(34)29-20-12-28-23(30-22(20)27)19-11-21(18-8-9-35-32-18)33(31-19)13-15-4-1-2-7-17(15)26/h1-12H,13H2,(H,29,34)(H2,27,28,30). The van der Waals surface area contributed by atoms with Crippen LogP contribution < -0.4 is 11.1 Å². The number of nitrogen functional groups attached to an aromatic ring is 1. The van der Waals surface area contributed by atoms with E-state index in [0.29, 0.717) is 33.2 Å². The number of carbonyl (C=O) groups is 1. The van der Waals surface area contributed by atoms with E-state index in [0.717, 1.165) is 0 Å². The second-order valence-electron chi connectivity index (χ2n) is 7.51. The van der Waals surface area contributed by atoms with Crippen molar-refractivity contribution in [2.75, 3.05) is 11.1 Å². The number of hydrogen-bond acceptors (Lipinski definition) is 7. The van der Waals surface area contributed by atoms with E-state index in [9.17, 15) is 9.18 Å². The molecule has 1 amide bonds. The lowest BCUT2D eigenvalue weighted by molar-refractivity contribution is 0.102. The van der Waals surface area contributed by atoms with Crippen LogP contribution in [0.3, 0.4) is 0 Å². The quantitative estimate of drug-likeness (QED) is 0.355. The number of aromatic nitrogens is 5. The van der Waals surface area contributed by atoms with Gasteiger partial charge in [-0.1, -0.05) is 41.0 Å². The zero-order valence-corrected chi connectivity index (χ0v) is 18.8. The second kappa shape index (κ2) is 9.35. The van der Waals surface area contributed by atoms with Crippen molar-refractivity contribution in [2.24, 2.45) is 0 Å². The van der Waals surface area contributed by atoms with Gasteiger partial charge >= 0.3 is 0 Å². The third kappa shape index (κ3) is 4.73. The number of benzene rings is 2. The summed E-state index contributed by atoms with van der Waals surface area (Å²) in [6, 6.07) is 16.3. The molecular formula is C24H17ClFN7O2. The molecule has 2 aromatic carbocycles. The van der Waals surface area contributed by atoms with E-state index in [1.165, 1.54) is 24.6 Å². The predicted molar refractivity (Wildman–Crippen MR) is 128 cm³/mol. The minimum atomic E-state index is -0.405. The van der Waals surface area contributed by atoms with E-state index in [-0.39, 0.29) is 29.7 Å². The molecular weight excluding hydrogens is 473 g/mol. The Morgan fingerprint density at radius 2 is 1.97 bits per heavy atom. The summed E-state index contributed by atoms with van der Waals surface area (Å²) in [7, 11) is 0. The Morgan fingerprint density at radius 3 is 2.71 bits per heavy atom. The predicted octanol–water partition coefficient (Wildman–Crippen LogP) is 4.67. The molecule has 0 unspecified atom stereocenters. The van der Waals surface area contributed by atoms with Crippen LogP contribution in [0, 0.1) is 5.82 Å². The molecule has 5 rings (SSSR count). The van der Waals surface area contributed by atoms with Gasteiger partial charge < -0.3 is 15.6 Å². The Bertz CT molecular complexity index is 1520. The average Bonchev–Trinajstić information content (AvgIpc) is 3.52. The maximum atomic E-state index is 14.3. The topological polar surface area (TPSA) is 125 Å². The van der Waals surface area contributed by atoms with Crippen LogP contribution in [-0.4, -0.2) is 30.8 Å². The van der Waals surface area contributed by atoms with E-state index < -0.39 is 5.91 Å². The van der Waals surface area contributed by atoms with E-state index in [1.54, 1.807) is 53.2 Å². The van der Waals surface area contributed by atoms with Crippen molar-refractivity contribution in [2.45, 2.75) is 6.54 Å². The molecule has 0 saturated carbocycles. The number of nitrogens with two attached hydrogens (primary N) is 1. The Hall–Kier alpha value is -4.57. The van der Waals surface area contributed by atoms with E-state index in [2.05, 4.69) is 25.5 Å². The lowest BCUT2D eigenvalue weighted by Gasteiger charge is -2.08. The fourth-order valence-corrected chi connectivity index (χ4v) is 3.61. The molecule has 5 aromatic rings. The molecule has 174 valence electrons. The van der Waals surface area contributed by atoms with Gasteiger partial charge in [0.25, 0.3) is 5.91 Å². The number of anilines is 2. The molecule has 0 radical (unpaired) electrons. The summed E-state index contributed by atoms with van der Waals surface area (Å²) in [6.07, 6.45) is 2.83. The molecule has 0 atom stereocenters. The summed E-state index contributed by atoms with van der Waals surface area (Å²) in [5.74, 6) is -0.480. The van der Waals surface area contributed by atoms with Crippen LogP contribution in [0.4, 0.5) is 15.9 Å². The van der Waals surface area contributed by atoms with Crippen molar-refractivity contribution in [1.29, 1.82) is 0 Å². The number of carbonyl (C=O) groups excluding carboxylic acids is 1. The molecule has 0 aliphatic rings. The highest BCUT2D eigenvalue weighted by molar-refractivity contribution is 6.31. The van der Waals surface area contributed by atoms with Gasteiger partial charge in [0.1, 0.15) is 29.2 Å². The number of nitrogens with one attached hydrogen (secondary N) is 1. The van der Waals surface area contributed by atoms with Crippen molar-refractivity contribution in [3.8, 4) is 22.9 Å². The van der Waals surface area contributed by atoms with Crippen molar-refractivity contribution in [3.05, 3.63) is 95.1 Å². The van der Waals surface area contributed by atoms with Gasteiger partial charge in [-0.25, -0.2) is 14.4 Å². The smallest absolute Gasteiger partial charge is 0.255 e. The Balaban J connectivity index is 1.45. The highest BCUT2D eigenvalue weighted by Crippen LogP contribution is 2.27. The number of rotatable bonds is 6. The molecule has 3 aromatic heterocycles. The molecule has 0 aliphatic carbocycles. The summed E-state index contributed by atoms with van der Waals surface area (Å²) >= 11 is 5.95. The number of amides is 1. The molecule has 9 nitrogen and oxygen atoms in total. The van der Waals surface area contributed by atoms with Crippen LogP contribution in [0.5, 0.6) is 0 Å². The molecule has 0 bridgehead atoms. The van der Waals surface area contributed by atoms with Crippen LogP contribution in [0.2, 0.25) is 5.02 Å². The number of halogens is 2. The maximum Gasteiger partial charge on any atom is 0.255 e. The highest BCUT2D eigenvalue weighted by atomic mass is 35.5. The molecule has 3 heterocycles. The Labute approximate surface area is 203 Å². The summed E-state index contributed by atoms with van der Waals surface area (Å²) in [5, 5.41) is 11.6. The Kier molecular flexibility index (Phi) is 5.94. The lowest BCUT2D eigenvalue weighted by atomic mass is 10.2. The van der Waals surface area contributed by atoms with Crippen molar-refractivity contribution >= 4 is 29.0 Å². The van der Waals surface area contributed by atoms with Gasteiger partial charge in [0.05, 0.1) is 18.4 Å². The van der Waals surface area contributed by atoms with Gasteiger partial charge in [0, 0.05) is 22.2 Å². The van der Waals surface area contributed by atoms with Gasteiger partial charge in [-0.2, -0.15) is 5.10 Å². The first kappa shape index (κ1) is 22.2. The first-order valence-corrected chi connectivity index (χ1v) is 10.8. The molecule has 3 N–H and O–H groups in total. The largest absolute Gasteiger partial charge is 0.382 e. The zero-order valence-electron chi connectivity index (χ0n) is 18.0. The third-order valence-electron chi connectivity index (χ3n) is 5.14. The fourth-order valence-electron chi connectivity index (χ4n) is 3.42. The van der Waals surface area contributed by atoms with Crippen LogP contribution in [0.15, 0.2) is 77.6 Å². The molecule has 0 fully saturated rings. The van der Waals surface area contributed by atoms with Crippen LogP contribution in [0.25, 0.3) is 22.9 Å². The molecule has 0 aliphatic heterocycles. The number of hydrogen-bond donors (Lipinski definition) is 2. The molecule has 35 heavy (non-hydrogen) atoms. The normalized spacial score (nSPS) is 10.9. The molecule has 11 heteroatoms. The summed E-state index contributed by atoms with van der Waals surface area (Å²) in [4.78, 5) is 21.1. The van der Waals surface area contributed by atoms with Crippen molar-refractivity contribution < 1.29 is 13.7 Å². The van der Waals surface area contributed by atoms with E-state index in [1.807, 2.05) is 0 Å². The summed E-state index contributed by atoms with van der Waals surface area (Å²) in [6.45, 7) is 0.151. The maximum absolute atomic E-state index is 14.3. The SMILES string of the molecule is Nc1nc(-c2cc(-c3ccon3)n(Cc3ccccc3F)n2)ncc1NC(=O)c1cccc(Cl)c1. The van der Waals surface area contributed by atoms with Crippen molar-refractivity contribution in [1.82, 2.24) is 24.9 Å². The minimum absolute atomic E-state index is 0.0528. The average molecular weight is 490 g/mol. The minimum Gasteiger partial charge on any atom is -0.382 e. The monoisotopic (exact) mass is 489 g/mol. The lowest BCUT2D eigenvalue weighted by Crippen LogP contribution is -2.14. The zero-order chi connectivity index (χ0) is 24.4. The fraction of sp³-hybridized carbons (Fsp3) is 0.0417. The molecule has 0 saturated heterocycles. The van der Waals surface area contributed by atoms with Gasteiger partial charge in [0.15, 0.2) is 11.6 Å². The van der Waals surface area contributed by atoms with Gasteiger partial charge in [-0.3, -0.25) is 9.48 Å². The Morgan fingerprint density at radius 1 is 1.11 bits per heavy atom. The van der Waals surface area contributed by atoms with Gasteiger partial charge in [-0.05, 0) is 30.3 Å². The van der Waals surface area contributed by atoms with E-state index >= 15 is 0 Å². The first-order chi connectivity index (χ1) is 17.0. The van der Waals surface area contributed by atoms with Gasteiger partial charge in [-0.15, -0.1) is 0 Å². The summed E-state index contributed by atoms with van der Waals surface area (Å²) < 4.78 is 20.8. The van der Waals surface area contributed by atoms with Crippen LogP contribution in [-0.2, 0) is 6.54 Å². The summed E-state index contributed by atoms with van der Waals surface area (Å²) in [5.41, 5.74) is 8.63. The van der Waals surface area contributed by atoms with E-state index in [4.69, 9.17) is 21.9 Å². The van der Waals surface area contributed by atoms with Crippen LogP contribution >= 0.6 is 11.6 Å². The van der Waals surface area contributed by atoms with Gasteiger partial charge in [0.2, 0.25) is 0 Å². The number of nitrogens with zero attached hydrogens (tertiary/aromatic N) is 5. The molecule has 0 spiro atoms. The van der Waals surface area contributed by atoms with Crippen molar-refractivity contribution in [3.63, 3.8) is 0 Å². The third-order valence-corrected chi connectivity index (χ3v) is 5.38.